The molecule has 0 aromatic carbocycles. The fraction of sp³-hybridized carbons (Fsp3) is 0.375. The average Bonchev–Trinajstić information content (AvgIpc) is 3.02. The van der Waals surface area contributed by atoms with Crippen molar-refractivity contribution < 1.29 is 0 Å². The molecule has 0 aliphatic carbocycles. The Morgan fingerprint density at radius 2 is 2.19 bits per heavy atom. The van der Waals surface area contributed by atoms with Crippen LogP contribution in [0.5, 0.6) is 0 Å². The maximum Gasteiger partial charge on any atom is 0.111 e. The molecule has 5 heteroatoms. The Hall–Kier alpha value is -1.39. The molecule has 0 aliphatic rings. The Morgan fingerprint density at radius 1 is 1.33 bits per heavy atom. The summed E-state index contributed by atoms with van der Waals surface area (Å²) in [5.74, 6) is 1.63. The number of pyridine rings is 1. The summed E-state index contributed by atoms with van der Waals surface area (Å²) >= 11 is 7.80. The lowest BCUT2D eigenvalue weighted by molar-refractivity contribution is 0.541. The molecule has 3 heterocycles. The normalized spacial score (nSPS) is 12.9. The van der Waals surface area contributed by atoms with Crippen LogP contribution < -0.4 is 0 Å². The Bertz CT molecular complexity index is 747. The second kappa shape index (κ2) is 6.16. The summed E-state index contributed by atoms with van der Waals surface area (Å²) < 4.78 is 2.31. The number of nitrogens with zero attached hydrogens (tertiary/aromatic N) is 3. The molecular formula is C16H18ClN3S. The number of aromatic nitrogens is 3. The number of halogens is 1. The van der Waals surface area contributed by atoms with Crippen LogP contribution in [0, 0.1) is 6.92 Å². The lowest BCUT2D eigenvalue weighted by Crippen LogP contribution is -2.12. The third-order valence-electron chi connectivity index (χ3n) is 3.62. The number of alkyl halides is 1. The molecule has 1 atom stereocenters. The van der Waals surface area contributed by atoms with Crippen LogP contribution in [0.2, 0.25) is 0 Å². The molecule has 0 amide bonds. The number of imidazole rings is 1. The maximum absolute atomic E-state index is 5.94. The average molecular weight is 320 g/mol. The van der Waals surface area contributed by atoms with Gasteiger partial charge in [-0.1, -0.05) is 0 Å². The van der Waals surface area contributed by atoms with Gasteiger partial charge in [0.25, 0.3) is 0 Å². The van der Waals surface area contributed by atoms with Crippen LogP contribution in [0.4, 0.5) is 0 Å². The summed E-state index contributed by atoms with van der Waals surface area (Å²) in [5.41, 5.74) is 2.10. The van der Waals surface area contributed by atoms with E-state index in [4.69, 9.17) is 11.6 Å². The summed E-state index contributed by atoms with van der Waals surface area (Å²) in [5, 5.41) is 0. The van der Waals surface area contributed by atoms with E-state index in [0.29, 0.717) is 11.9 Å². The zero-order valence-electron chi connectivity index (χ0n) is 12.2. The van der Waals surface area contributed by atoms with Crippen LogP contribution >= 0.6 is 22.9 Å². The van der Waals surface area contributed by atoms with Crippen molar-refractivity contribution >= 4 is 34.0 Å². The smallest absolute Gasteiger partial charge is 0.111 e. The monoisotopic (exact) mass is 319 g/mol. The molecule has 0 N–H and O–H groups in total. The summed E-state index contributed by atoms with van der Waals surface area (Å²) in [6.07, 6.45) is 5.45. The van der Waals surface area contributed by atoms with Crippen molar-refractivity contribution in [2.45, 2.75) is 32.7 Å². The highest BCUT2D eigenvalue weighted by atomic mass is 35.5. The van der Waals surface area contributed by atoms with Crippen molar-refractivity contribution in [3.8, 4) is 0 Å². The van der Waals surface area contributed by atoms with Gasteiger partial charge in [-0.2, -0.15) is 0 Å². The van der Waals surface area contributed by atoms with E-state index in [9.17, 15) is 0 Å². The molecule has 0 spiro atoms. The van der Waals surface area contributed by atoms with E-state index in [0.717, 1.165) is 29.7 Å². The van der Waals surface area contributed by atoms with E-state index < -0.39 is 0 Å². The molecule has 110 valence electrons. The fourth-order valence-corrected chi connectivity index (χ4v) is 3.91. The number of rotatable bonds is 5. The van der Waals surface area contributed by atoms with Gasteiger partial charge in [0.05, 0.1) is 11.7 Å². The fourth-order valence-electron chi connectivity index (χ4n) is 2.73. The quantitative estimate of drug-likeness (QED) is 0.653. The van der Waals surface area contributed by atoms with E-state index in [1.54, 1.807) is 0 Å². The van der Waals surface area contributed by atoms with Gasteiger partial charge in [-0.15, -0.1) is 22.9 Å². The van der Waals surface area contributed by atoms with E-state index in [1.807, 2.05) is 29.8 Å². The predicted octanol–water partition coefficient (Wildman–Crippen LogP) is 4.39. The predicted molar refractivity (Wildman–Crippen MR) is 89.4 cm³/mol. The number of hydrogen-bond acceptors (Lipinski definition) is 3. The topological polar surface area (TPSA) is 30.7 Å². The van der Waals surface area contributed by atoms with Gasteiger partial charge in [-0.3, -0.25) is 4.98 Å². The first-order valence-electron chi connectivity index (χ1n) is 7.11. The summed E-state index contributed by atoms with van der Waals surface area (Å²) in [4.78, 5) is 11.6. The minimum atomic E-state index is 0.355. The van der Waals surface area contributed by atoms with Crippen molar-refractivity contribution in [3.05, 3.63) is 46.2 Å². The molecule has 3 nitrogen and oxygen atoms in total. The van der Waals surface area contributed by atoms with Gasteiger partial charge in [0.1, 0.15) is 11.3 Å². The number of hydrogen-bond donors (Lipinski definition) is 0. The van der Waals surface area contributed by atoms with Gasteiger partial charge in [-0.25, -0.2) is 4.98 Å². The summed E-state index contributed by atoms with van der Waals surface area (Å²) in [6.45, 7) is 4.39. The number of thiophene rings is 1. The van der Waals surface area contributed by atoms with Gasteiger partial charge in [0, 0.05) is 40.7 Å². The molecule has 3 aromatic rings. The first kappa shape index (κ1) is 14.5. The first-order chi connectivity index (χ1) is 10.2. The summed E-state index contributed by atoms with van der Waals surface area (Å²) in [6, 6.07) is 6.80. The van der Waals surface area contributed by atoms with E-state index in [1.165, 1.54) is 9.75 Å². The highest BCUT2D eigenvalue weighted by Gasteiger charge is 2.16. The van der Waals surface area contributed by atoms with Crippen LogP contribution in [-0.4, -0.2) is 20.4 Å². The highest BCUT2D eigenvalue weighted by molar-refractivity contribution is 7.11. The highest BCUT2D eigenvalue weighted by Crippen LogP contribution is 2.26. The van der Waals surface area contributed by atoms with Crippen LogP contribution in [0.1, 0.15) is 28.5 Å². The van der Waals surface area contributed by atoms with Gasteiger partial charge >= 0.3 is 0 Å². The van der Waals surface area contributed by atoms with E-state index in [2.05, 4.69) is 40.5 Å². The molecule has 0 aliphatic heterocycles. The molecule has 0 saturated heterocycles. The first-order valence-corrected chi connectivity index (χ1v) is 8.46. The number of aryl methyl sites for hydroxylation is 2. The van der Waals surface area contributed by atoms with E-state index >= 15 is 0 Å². The van der Waals surface area contributed by atoms with Crippen molar-refractivity contribution in [2.24, 2.45) is 0 Å². The molecule has 1 unspecified atom stereocenters. The molecular weight excluding hydrogens is 302 g/mol. The van der Waals surface area contributed by atoms with Gasteiger partial charge in [0.15, 0.2) is 0 Å². The molecule has 0 bridgehead atoms. The minimum Gasteiger partial charge on any atom is -0.325 e. The Balaban J connectivity index is 1.98. The Labute approximate surface area is 133 Å². The summed E-state index contributed by atoms with van der Waals surface area (Å²) in [7, 11) is 0. The largest absolute Gasteiger partial charge is 0.325 e. The number of fused-ring (bicyclic) bond motifs is 1. The SMILES string of the molecule is Cc1ccc(CC(C)n2c(CCCl)nc3cnccc32)s1. The van der Waals surface area contributed by atoms with Crippen LogP contribution in [-0.2, 0) is 12.8 Å². The van der Waals surface area contributed by atoms with Crippen molar-refractivity contribution in [1.29, 1.82) is 0 Å². The third kappa shape index (κ3) is 2.97. The molecule has 3 aromatic heterocycles. The molecule has 0 radical (unpaired) electrons. The Kier molecular flexibility index (Phi) is 4.27. The van der Waals surface area contributed by atoms with E-state index in [-0.39, 0.29) is 0 Å². The minimum absolute atomic E-state index is 0.355. The second-order valence-electron chi connectivity index (χ2n) is 5.27. The standard InChI is InChI=1S/C16H18ClN3S/c1-11(9-13-4-3-12(2)21-13)20-15-6-8-18-10-14(15)19-16(20)5-7-17/h3-4,6,8,10-11H,5,7,9H2,1-2H3. The zero-order chi connectivity index (χ0) is 14.8. The van der Waals surface area contributed by atoms with Crippen LogP contribution in [0.3, 0.4) is 0 Å². The second-order valence-corrected chi connectivity index (χ2v) is 7.02. The van der Waals surface area contributed by atoms with Gasteiger partial charge in [-0.05, 0) is 32.0 Å². The zero-order valence-corrected chi connectivity index (χ0v) is 13.8. The van der Waals surface area contributed by atoms with Gasteiger partial charge < -0.3 is 4.57 Å². The maximum atomic E-state index is 5.94. The van der Waals surface area contributed by atoms with Crippen molar-refractivity contribution in [2.75, 3.05) is 5.88 Å². The third-order valence-corrected chi connectivity index (χ3v) is 4.83. The molecule has 0 fully saturated rings. The van der Waals surface area contributed by atoms with Crippen LogP contribution in [0.25, 0.3) is 11.0 Å². The molecule has 0 saturated carbocycles. The molecule has 3 rings (SSSR count). The van der Waals surface area contributed by atoms with Gasteiger partial charge in [0.2, 0.25) is 0 Å². The lowest BCUT2D eigenvalue weighted by atomic mass is 10.2. The molecule has 21 heavy (non-hydrogen) atoms. The van der Waals surface area contributed by atoms with Crippen molar-refractivity contribution in [1.82, 2.24) is 14.5 Å². The van der Waals surface area contributed by atoms with Crippen molar-refractivity contribution in [3.63, 3.8) is 0 Å². The van der Waals surface area contributed by atoms with Crippen LogP contribution in [0.15, 0.2) is 30.6 Å². The Morgan fingerprint density at radius 3 is 2.90 bits per heavy atom. The lowest BCUT2D eigenvalue weighted by Gasteiger charge is -2.16.